The second-order valence-corrected chi connectivity index (χ2v) is 7.92. The summed E-state index contributed by atoms with van der Waals surface area (Å²) in [5, 5.41) is 2.78. The summed E-state index contributed by atoms with van der Waals surface area (Å²) < 4.78 is 15.9. The minimum Gasteiger partial charge on any atom is -0.447 e. The van der Waals surface area contributed by atoms with Crippen LogP contribution in [0.25, 0.3) is 0 Å². The lowest BCUT2D eigenvalue weighted by molar-refractivity contribution is -0.0704. The van der Waals surface area contributed by atoms with Gasteiger partial charge in [-0.25, -0.2) is 14.8 Å². The maximum absolute atomic E-state index is 11.6. The van der Waals surface area contributed by atoms with Crippen LogP contribution in [0.1, 0.15) is 37.1 Å². The number of rotatable bonds is 6. The molecule has 2 aliphatic rings. The Morgan fingerprint density at radius 1 is 1.25 bits per heavy atom. The van der Waals surface area contributed by atoms with E-state index < -0.39 is 6.09 Å². The van der Waals surface area contributed by atoms with Gasteiger partial charge in [0, 0.05) is 38.1 Å². The van der Waals surface area contributed by atoms with Gasteiger partial charge in [-0.2, -0.15) is 0 Å². The summed E-state index contributed by atoms with van der Waals surface area (Å²) in [6.45, 7) is 7.85. The Labute approximate surface area is 167 Å². The summed E-state index contributed by atoms with van der Waals surface area (Å²) in [6.07, 6.45) is 3.90. The van der Waals surface area contributed by atoms with Gasteiger partial charge >= 0.3 is 6.09 Å². The fourth-order valence-corrected chi connectivity index (χ4v) is 3.97. The Balaban J connectivity index is 1.41. The third-order valence-corrected chi connectivity index (χ3v) is 5.69. The van der Waals surface area contributed by atoms with Crippen molar-refractivity contribution in [2.75, 3.05) is 51.5 Å². The molecule has 0 radical (unpaired) electrons. The molecule has 2 fully saturated rings. The lowest BCUT2D eigenvalue weighted by Crippen LogP contribution is -2.48. The van der Waals surface area contributed by atoms with E-state index in [1.54, 1.807) is 7.11 Å². The highest BCUT2D eigenvalue weighted by Gasteiger charge is 2.39. The third kappa shape index (κ3) is 5.54. The first kappa shape index (κ1) is 20.8. The van der Waals surface area contributed by atoms with Crippen LogP contribution in [0.5, 0.6) is 0 Å². The first-order chi connectivity index (χ1) is 13.5. The third-order valence-electron chi connectivity index (χ3n) is 5.69. The molecule has 2 aliphatic heterocycles. The predicted octanol–water partition coefficient (Wildman–Crippen LogP) is 2.23. The number of amides is 1. The van der Waals surface area contributed by atoms with Gasteiger partial charge in [0.15, 0.2) is 0 Å². The number of carbonyl (C=O) groups is 1. The van der Waals surface area contributed by atoms with E-state index in [-0.39, 0.29) is 18.1 Å². The highest BCUT2D eigenvalue weighted by Crippen LogP contribution is 2.41. The van der Waals surface area contributed by atoms with Crippen molar-refractivity contribution in [3.8, 4) is 0 Å². The molecule has 1 amide bonds. The van der Waals surface area contributed by atoms with Crippen LogP contribution < -0.4 is 10.2 Å². The number of aryl methyl sites for hydroxylation is 2. The van der Waals surface area contributed by atoms with Crippen LogP contribution in [-0.2, 0) is 14.2 Å². The number of hydrogen-bond donors (Lipinski definition) is 1. The molecule has 8 heteroatoms. The Morgan fingerprint density at radius 2 is 1.96 bits per heavy atom. The van der Waals surface area contributed by atoms with Gasteiger partial charge in [-0.15, -0.1) is 0 Å². The van der Waals surface area contributed by atoms with Gasteiger partial charge in [0.25, 0.3) is 0 Å². The first-order valence-electron chi connectivity index (χ1n) is 10.1. The molecule has 1 aromatic rings. The van der Waals surface area contributed by atoms with E-state index in [1.807, 2.05) is 19.9 Å². The molecule has 28 heavy (non-hydrogen) atoms. The monoisotopic (exact) mass is 392 g/mol. The number of aromatic nitrogens is 2. The summed E-state index contributed by atoms with van der Waals surface area (Å²) in [5.74, 6) is 0.845. The van der Waals surface area contributed by atoms with E-state index in [0.29, 0.717) is 13.2 Å². The van der Waals surface area contributed by atoms with Crippen molar-refractivity contribution in [1.82, 2.24) is 15.3 Å². The number of carbonyl (C=O) groups excluding carboxylic acids is 1. The van der Waals surface area contributed by atoms with Crippen molar-refractivity contribution in [3.05, 3.63) is 17.5 Å². The number of nitrogens with zero attached hydrogens (tertiary/aromatic N) is 3. The summed E-state index contributed by atoms with van der Waals surface area (Å²) in [6, 6.07) is 2.01. The van der Waals surface area contributed by atoms with Gasteiger partial charge in [0.05, 0.1) is 19.3 Å². The highest BCUT2D eigenvalue weighted by atomic mass is 16.6. The maximum Gasteiger partial charge on any atom is 0.407 e. The molecule has 0 bridgehead atoms. The zero-order chi connectivity index (χ0) is 20.0. The highest BCUT2D eigenvalue weighted by molar-refractivity contribution is 5.67. The summed E-state index contributed by atoms with van der Waals surface area (Å²) in [5.41, 5.74) is 2.27. The van der Waals surface area contributed by atoms with E-state index >= 15 is 0 Å². The second kappa shape index (κ2) is 9.52. The average molecular weight is 393 g/mol. The molecule has 8 nitrogen and oxygen atoms in total. The molecule has 3 heterocycles. The second-order valence-electron chi connectivity index (χ2n) is 7.92. The van der Waals surface area contributed by atoms with Crippen molar-refractivity contribution in [3.63, 3.8) is 0 Å². The number of piperidine rings is 1. The van der Waals surface area contributed by atoms with E-state index in [0.717, 1.165) is 62.7 Å². The van der Waals surface area contributed by atoms with Crippen molar-refractivity contribution in [2.45, 2.75) is 45.6 Å². The molecule has 2 saturated heterocycles. The van der Waals surface area contributed by atoms with Gasteiger partial charge in [0.2, 0.25) is 5.95 Å². The number of alkyl carbamates (subject to hydrolysis) is 1. The molecular formula is C20H32N4O4. The lowest BCUT2D eigenvalue weighted by Gasteiger charge is -2.45. The van der Waals surface area contributed by atoms with Crippen LogP contribution in [0.2, 0.25) is 0 Å². The lowest BCUT2D eigenvalue weighted by atomic mass is 9.73. The van der Waals surface area contributed by atoms with Crippen molar-refractivity contribution in [1.29, 1.82) is 0 Å². The number of anilines is 1. The molecule has 0 saturated carbocycles. The van der Waals surface area contributed by atoms with Crippen LogP contribution in [0, 0.1) is 19.3 Å². The van der Waals surface area contributed by atoms with Crippen molar-refractivity contribution in [2.24, 2.45) is 5.41 Å². The fourth-order valence-electron chi connectivity index (χ4n) is 3.97. The van der Waals surface area contributed by atoms with Crippen LogP contribution in [0.15, 0.2) is 6.07 Å². The number of methoxy groups -OCH3 is 1. The minimum atomic E-state index is -0.414. The smallest absolute Gasteiger partial charge is 0.407 e. The summed E-state index contributed by atoms with van der Waals surface area (Å²) in [7, 11) is 1.58. The quantitative estimate of drug-likeness (QED) is 0.743. The molecule has 1 atom stereocenters. The molecule has 3 rings (SSSR count). The number of nitrogens with one attached hydrogen (secondary N) is 1. The minimum absolute atomic E-state index is 0.0568. The molecule has 0 aromatic carbocycles. The van der Waals surface area contributed by atoms with Gasteiger partial charge in [0.1, 0.15) is 6.61 Å². The van der Waals surface area contributed by atoms with Gasteiger partial charge < -0.3 is 24.4 Å². The summed E-state index contributed by atoms with van der Waals surface area (Å²) >= 11 is 0. The molecular weight excluding hydrogens is 360 g/mol. The van der Waals surface area contributed by atoms with E-state index in [9.17, 15) is 4.79 Å². The Kier molecular flexibility index (Phi) is 7.07. The molecule has 0 aliphatic carbocycles. The van der Waals surface area contributed by atoms with Crippen LogP contribution >= 0.6 is 0 Å². The molecule has 1 N–H and O–H groups in total. The van der Waals surface area contributed by atoms with Crippen LogP contribution in [0.3, 0.4) is 0 Å². The predicted molar refractivity (Wildman–Crippen MR) is 106 cm³/mol. The normalized spacial score (nSPS) is 21.5. The molecule has 1 aromatic heterocycles. The van der Waals surface area contributed by atoms with E-state index in [4.69, 9.17) is 14.2 Å². The number of hydrogen-bond acceptors (Lipinski definition) is 7. The maximum atomic E-state index is 11.6. The largest absolute Gasteiger partial charge is 0.447 e. The Bertz CT molecular complexity index is 631. The van der Waals surface area contributed by atoms with Gasteiger partial charge in [-0.1, -0.05) is 0 Å². The Morgan fingerprint density at radius 3 is 2.57 bits per heavy atom. The topological polar surface area (TPSA) is 85.8 Å². The van der Waals surface area contributed by atoms with Crippen molar-refractivity contribution < 1.29 is 19.0 Å². The van der Waals surface area contributed by atoms with Crippen LogP contribution in [-0.4, -0.2) is 68.7 Å². The summed E-state index contributed by atoms with van der Waals surface area (Å²) in [4.78, 5) is 23.1. The zero-order valence-electron chi connectivity index (χ0n) is 17.2. The van der Waals surface area contributed by atoms with Gasteiger partial charge in [-0.05, 0) is 51.0 Å². The molecule has 1 spiro atoms. The fraction of sp³-hybridized carbons (Fsp3) is 0.750. The van der Waals surface area contributed by atoms with E-state index in [2.05, 4.69) is 20.2 Å². The SMILES string of the molecule is COCCOC(=O)NCC1CCC2(CCN(c3nc(C)cc(C)n3)CC2)CO1. The van der Waals surface area contributed by atoms with Crippen molar-refractivity contribution >= 4 is 12.0 Å². The van der Waals surface area contributed by atoms with Gasteiger partial charge in [-0.3, -0.25) is 0 Å². The van der Waals surface area contributed by atoms with E-state index in [1.165, 1.54) is 0 Å². The Hall–Kier alpha value is -1.93. The van der Waals surface area contributed by atoms with Crippen LogP contribution in [0.4, 0.5) is 10.7 Å². The zero-order valence-corrected chi connectivity index (χ0v) is 17.2. The molecule has 156 valence electrons. The molecule has 1 unspecified atom stereocenters. The average Bonchev–Trinajstić information content (AvgIpc) is 2.68. The first-order valence-corrected chi connectivity index (χ1v) is 10.1. The number of ether oxygens (including phenoxy) is 3. The standard InChI is InChI=1S/C20H32N4O4/c1-15-12-16(2)23-18(22-15)24-8-6-20(7-9-24)5-4-17(28-14-20)13-21-19(25)27-11-10-26-3/h12,17H,4-11,13-14H2,1-3H3,(H,21,25).